The third-order valence-electron chi connectivity index (χ3n) is 5.27. The van der Waals surface area contributed by atoms with Crippen molar-refractivity contribution in [3.05, 3.63) is 69.5 Å². The Balaban J connectivity index is 1.25. The molecule has 6 nitrogen and oxygen atoms in total. The molecule has 1 N–H and O–H groups in total. The lowest BCUT2D eigenvalue weighted by molar-refractivity contribution is -0.122. The van der Waals surface area contributed by atoms with Crippen LogP contribution in [-0.2, 0) is 11.2 Å². The van der Waals surface area contributed by atoms with Gasteiger partial charge in [0.15, 0.2) is 5.82 Å². The Morgan fingerprint density at radius 1 is 1.06 bits per heavy atom. The zero-order valence-electron chi connectivity index (χ0n) is 17.0. The largest absolute Gasteiger partial charge is 0.293 e. The fourth-order valence-corrected chi connectivity index (χ4v) is 5.83. The van der Waals surface area contributed by atoms with Crippen LogP contribution >= 0.6 is 35.3 Å². The van der Waals surface area contributed by atoms with Gasteiger partial charge in [0, 0.05) is 17.8 Å². The smallest absolute Gasteiger partial charge is 0.266 e. The Kier molecular flexibility index (Phi) is 6.11. The van der Waals surface area contributed by atoms with Crippen LogP contribution in [0.1, 0.15) is 23.5 Å². The number of aromatic amines is 1. The lowest BCUT2D eigenvalue weighted by atomic mass is 10.0. The molecular formula is C23H19N5OS3. The molecule has 0 aliphatic carbocycles. The minimum atomic E-state index is -0.0137. The van der Waals surface area contributed by atoms with Crippen LogP contribution in [0.5, 0.6) is 0 Å². The summed E-state index contributed by atoms with van der Waals surface area (Å²) >= 11 is 8.47. The van der Waals surface area contributed by atoms with Crippen LogP contribution in [0.15, 0.2) is 58.8 Å². The minimum Gasteiger partial charge on any atom is -0.293 e. The van der Waals surface area contributed by atoms with Gasteiger partial charge in [-0.3, -0.25) is 9.69 Å². The van der Waals surface area contributed by atoms with Crippen molar-refractivity contribution in [3.8, 4) is 11.1 Å². The first-order valence-corrected chi connectivity index (χ1v) is 12.3. The minimum absolute atomic E-state index is 0.0137. The molecule has 2 aromatic carbocycles. The molecule has 160 valence electrons. The molecule has 0 radical (unpaired) electrons. The number of nitrogens with zero attached hydrogens (tertiary/aromatic N) is 4. The fraction of sp³-hybridized carbons (Fsp3) is 0.174. The number of carbonyl (C=O) groups is 1. The van der Waals surface area contributed by atoms with E-state index in [0.29, 0.717) is 21.6 Å². The molecule has 1 saturated heterocycles. The van der Waals surface area contributed by atoms with Gasteiger partial charge in [-0.05, 0) is 58.3 Å². The number of benzene rings is 2. The van der Waals surface area contributed by atoms with E-state index in [-0.39, 0.29) is 5.91 Å². The monoisotopic (exact) mass is 477 g/mol. The second-order valence-electron chi connectivity index (χ2n) is 7.42. The molecule has 1 aliphatic rings. The van der Waals surface area contributed by atoms with E-state index in [4.69, 9.17) is 12.2 Å². The number of aryl methyl sites for hydroxylation is 1. The lowest BCUT2D eigenvalue weighted by Gasteiger charge is -2.13. The molecule has 1 fully saturated rings. The number of hydrogen-bond donors (Lipinski definition) is 1. The summed E-state index contributed by atoms with van der Waals surface area (Å²) in [5.74, 6) is 0.676. The van der Waals surface area contributed by atoms with Gasteiger partial charge in [-0.25, -0.2) is 0 Å². The Hall–Kier alpha value is -2.88. The third kappa shape index (κ3) is 4.50. The van der Waals surface area contributed by atoms with E-state index in [9.17, 15) is 4.79 Å². The molecule has 2 aromatic heterocycles. The zero-order valence-corrected chi connectivity index (χ0v) is 19.5. The molecule has 0 bridgehead atoms. The van der Waals surface area contributed by atoms with Gasteiger partial charge in [0.05, 0.1) is 4.91 Å². The second-order valence-corrected chi connectivity index (χ2v) is 10.0. The van der Waals surface area contributed by atoms with Gasteiger partial charge in [0.2, 0.25) is 0 Å². The quantitative estimate of drug-likeness (QED) is 0.221. The van der Waals surface area contributed by atoms with Crippen LogP contribution in [-0.4, -0.2) is 42.3 Å². The van der Waals surface area contributed by atoms with Crippen molar-refractivity contribution < 1.29 is 4.79 Å². The van der Waals surface area contributed by atoms with Crippen molar-refractivity contribution in [1.29, 1.82) is 0 Å². The van der Waals surface area contributed by atoms with Gasteiger partial charge >= 0.3 is 0 Å². The number of hydrogen-bond acceptors (Lipinski definition) is 7. The SMILES string of the molecule is O=C1/C(=C/c2cc(-c3ccc4ccccc4c3)cs2)SC(=S)N1CCCCc1nn[nH]n1. The number of tetrazole rings is 1. The first-order chi connectivity index (χ1) is 15.7. The van der Waals surface area contributed by atoms with E-state index in [1.165, 1.54) is 28.1 Å². The number of carbonyl (C=O) groups excluding carboxylic acids is 1. The van der Waals surface area contributed by atoms with Gasteiger partial charge in [-0.15, -0.1) is 21.5 Å². The van der Waals surface area contributed by atoms with E-state index in [1.54, 1.807) is 16.2 Å². The number of fused-ring (bicyclic) bond motifs is 1. The van der Waals surface area contributed by atoms with Gasteiger partial charge in [-0.2, -0.15) is 5.21 Å². The van der Waals surface area contributed by atoms with Crippen molar-refractivity contribution in [1.82, 2.24) is 25.5 Å². The van der Waals surface area contributed by atoms with Crippen molar-refractivity contribution in [3.63, 3.8) is 0 Å². The Morgan fingerprint density at radius 2 is 1.94 bits per heavy atom. The number of H-pyrrole nitrogens is 1. The normalized spacial score (nSPS) is 15.4. The number of thioether (sulfide) groups is 1. The molecule has 0 spiro atoms. The maximum absolute atomic E-state index is 12.9. The van der Waals surface area contributed by atoms with Crippen LogP contribution in [0, 0.1) is 0 Å². The summed E-state index contributed by atoms with van der Waals surface area (Å²) in [6, 6.07) is 17.0. The van der Waals surface area contributed by atoms with Gasteiger partial charge < -0.3 is 0 Å². The highest BCUT2D eigenvalue weighted by Crippen LogP contribution is 2.35. The zero-order chi connectivity index (χ0) is 21.9. The molecule has 0 saturated carbocycles. The summed E-state index contributed by atoms with van der Waals surface area (Å²) < 4.78 is 0.618. The number of thiocarbonyl (C=S) groups is 1. The van der Waals surface area contributed by atoms with E-state index < -0.39 is 0 Å². The highest BCUT2D eigenvalue weighted by Gasteiger charge is 2.31. The van der Waals surface area contributed by atoms with Crippen molar-refractivity contribution in [2.24, 2.45) is 0 Å². The summed E-state index contributed by atoms with van der Waals surface area (Å²) in [7, 11) is 0. The number of rotatable bonds is 7. The number of aromatic nitrogens is 4. The summed E-state index contributed by atoms with van der Waals surface area (Å²) in [5, 5.41) is 18.5. The van der Waals surface area contributed by atoms with Gasteiger partial charge in [0.25, 0.3) is 5.91 Å². The molecule has 4 aromatic rings. The summed E-state index contributed by atoms with van der Waals surface area (Å²) in [4.78, 5) is 16.3. The topological polar surface area (TPSA) is 74.8 Å². The first-order valence-electron chi connectivity index (χ1n) is 10.2. The van der Waals surface area contributed by atoms with Crippen molar-refractivity contribution in [2.75, 3.05) is 6.54 Å². The molecule has 0 atom stereocenters. The predicted molar refractivity (Wildman–Crippen MR) is 134 cm³/mol. The van der Waals surface area contributed by atoms with Crippen LogP contribution in [0.2, 0.25) is 0 Å². The average Bonchev–Trinajstić information content (AvgIpc) is 3.54. The lowest BCUT2D eigenvalue weighted by Crippen LogP contribution is -2.29. The highest BCUT2D eigenvalue weighted by molar-refractivity contribution is 8.26. The standard InChI is InChI=1S/C23H19N5OS3/c29-22-20(32-23(30)28(22)10-4-3-7-21-24-26-27-25-21)13-19-12-18(14-31-19)17-9-8-15-5-1-2-6-16(15)11-17/h1-2,5-6,8-9,11-14H,3-4,7,10H2,(H,24,25,26,27)/b20-13-. The van der Waals surface area contributed by atoms with E-state index >= 15 is 0 Å². The first kappa shape index (κ1) is 21.0. The Labute approximate surface area is 198 Å². The van der Waals surface area contributed by atoms with E-state index in [0.717, 1.165) is 29.7 Å². The number of thiophene rings is 1. The molecule has 1 amide bonds. The molecule has 3 heterocycles. The Bertz CT molecular complexity index is 1310. The fourth-order valence-electron chi connectivity index (χ4n) is 3.61. The molecule has 32 heavy (non-hydrogen) atoms. The van der Waals surface area contributed by atoms with Crippen molar-refractivity contribution >= 4 is 62.4 Å². The van der Waals surface area contributed by atoms with Gasteiger partial charge in [-0.1, -0.05) is 65.6 Å². The number of amides is 1. The number of unbranched alkanes of at least 4 members (excludes halogenated alkanes) is 1. The maximum Gasteiger partial charge on any atom is 0.266 e. The molecular weight excluding hydrogens is 458 g/mol. The van der Waals surface area contributed by atoms with Crippen LogP contribution in [0.25, 0.3) is 28.0 Å². The van der Waals surface area contributed by atoms with Crippen molar-refractivity contribution in [2.45, 2.75) is 19.3 Å². The predicted octanol–water partition coefficient (Wildman–Crippen LogP) is 5.31. The third-order valence-corrected chi connectivity index (χ3v) is 7.53. The summed E-state index contributed by atoms with van der Waals surface area (Å²) in [6.45, 7) is 0.604. The Morgan fingerprint density at radius 3 is 2.78 bits per heavy atom. The van der Waals surface area contributed by atoms with Crippen LogP contribution in [0.4, 0.5) is 0 Å². The van der Waals surface area contributed by atoms with Crippen LogP contribution < -0.4 is 0 Å². The highest BCUT2D eigenvalue weighted by atomic mass is 32.2. The second kappa shape index (κ2) is 9.32. The average molecular weight is 478 g/mol. The van der Waals surface area contributed by atoms with Crippen LogP contribution in [0.3, 0.4) is 0 Å². The summed E-state index contributed by atoms with van der Waals surface area (Å²) in [6.07, 6.45) is 4.39. The molecule has 1 aliphatic heterocycles. The van der Waals surface area contributed by atoms with E-state index in [1.807, 2.05) is 6.08 Å². The van der Waals surface area contributed by atoms with Gasteiger partial charge in [0.1, 0.15) is 4.32 Å². The maximum atomic E-state index is 12.9. The number of nitrogens with one attached hydrogen (secondary N) is 1. The molecule has 9 heteroatoms. The molecule has 0 unspecified atom stereocenters. The summed E-state index contributed by atoms with van der Waals surface area (Å²) in [5.41, 5.74) is 2.33. The van der Waals surface area contributed by atoms with E-state index in [2.05, 4.69) is 74.5 Å². The molecule has 5 rings (SSSR count).